The van der Waals surface area contributed by atoms with E-state index in [0.29, 0.717) is 33.0 Å². The second kappa shape index (κ2) is 9.81. The number of halogens is 2. The summed E-state index contributed by atoms with van der Waals surface area (Å²) in [6.45, 7) is 6.44. The molecule has 3 rings (SSSR count). The molecule has 1 aliphatic rings. The summed E-state index contributed by atoms with van der Waals surface area (Å²) in [6, 6.07) is 9.61. The number of rotatable bonds is 7. The molecule has 8 heteroatoms. The van der Waals surface area contributed by atoms with E-state index in [1.54, 1.807) is 6.08 Å². The van der Waals surface area contributed by atoms with Crippen LogP contribution in [0, 0.1) is 5.82 Å². The Hall–Kier alpha value is -2.09. The predicted octanol–water partition coefficient (Wildman–Crippen LogP) is 6.46. The molecule has 2 aromatic carbocycles. The lowest BCUT2D eigenvalue weighted by Crippen LogP contribution is -2.27. The Bertz CT molecular complexity index is 1010. The quantitative estimate of drug-likeness (QED) is 0.346. The van der Waals surface area contributed by atoms with Gasteiger partial charge in [0.1, 0.15) is 5.82 Å². The zero-order valence-corrected chi connectivity index (χ0v) is 19.2. The first kappa shape index (κ1) is 22.6. The van der Waals surface area contributed by atoms with Gasteiger partial charge in [-0.3, -0.25) is 9.69 Å². The van der Waals surface area contributed by atoms with Crippen molar-refractivity contribution in [2.75, 3.05) is 11.5 Å². The normalized spacial score (nSPS) is 16.3. The standard InChI is InChI=1S/C22H21ClFNO3S2/c1-4-13(3)28-18-9-6-14(10-19(18)27-5-2)11-20-21(26)25(22(29)30-20)15-7-8-17(24)16(23)12-15/h6-13H,4-5H2,1-3H3/b20-11+/t13-/m1/s1. The van der Waals surface area contributed by atoms with Gasteiger partial charge in [0.2, 0.25) is 0 Å². The van der Waals surface area contributed by atoms with E-state index in [4.69, 9.17) is 33.3 Å². The van der Waals surface area contributed by atoms with E-state index in [2.05, 4.69) is 6.92 Å². The van der Waals surface area contributed by atoms with Gasteiger partial charge in [0.15, 0.2) is 15.8 Å². The van der Waals surface area contributed by atoms with Gasteiger partial charge in [-0.25, -0.2) is 4.39 Å². The maximum Gasteiger partial charge on any atom is 0.270 e. The van der Waals surface area contributed by atoms with Crippen LogP contribution in [0.15, 0.2) is 41.3 Å². The smallest absolute Gasteiger partial charge is 0.270 e. The second-order valence-corrected chi connectivity index (χ2v) is 8.67. The van der Waals surface area contributed by atoms with Crippen LogP contribution in [0.3, 0.4) is 0 Å². The van der Waals surface area contributed by atoms with Gasteiger partial charge in [0.25, 0.3) is 5.91 Å². The maximum absolute atomic E-state index is 13.5. The summed E-state index contributed by atoms with van der Waals surface area (Å²) in [5, 5.41) is -0.0659. The first-order valence-electron chi connectivity index (χ1n) is 9.50. The minimum absolute atomic E-state index is 0.0637. The number of ether oxygens (including phenoxy) is 2. The molecule has 0 radical (unpaired) electrons. The average molecular weight is 466 g/mol. The maximum atomic E-state index is 13.5. The van der Waals surface area contributed by atoms with Crippen molar-refractivity contribution in [3.63, 3.8) is 0 Å². The third-order valence-corrected chi connectivity index (χ3v) is 6.02. The van der Waals surface area contributed by atoms with Gasteiger partial charge in [0.05, 0.1) is 28.3 Å². The van der Waals surface area contributed by atoms with Crippen molar-refractivity contribution in [3.05, 3.63) is 57.7 Å². The van der Waals surface area contributed by atoms with Gasteiger partial charge >= 0.3 is 0 Å². The summed E-state index contributed by atoms with van der Waals surface area (Å²) in [4.78, 5) is 14.7. The van der Waals surface area contributed by atoms with Gasteiger partial charge in [-0.15, -0.1) is 0 Å². The summed E-state index contributed by atoms with van der Waals surface area (Å²) < 4.78 is 25.5. The molecule has 1 aliphatic heterocycles. The number of nitrogens with zero attached hydrogens (tertiary/aromatic N) is 1. The Morgan fingerprint density at radius 3 is 2.67 bits per heavy atom. The fourth-order valence-electron chi connectivity index (χ4n) is 2.75. The van der Waals surface area contributed by atoms with E-state index in [1.165, 1.54) is 34.9 Å². The molecular formula is C22H21ClFNO3S2. The van der Waals surface area contributed by atoms with Gasteiger partial charge in [0, 0.05) is 0 Å². The lowest BCUT2D eigenvalue weighted by Gasteiger charge is -2.16. The van der Waals surface area contributed by atoms with E-state index in [1.807, 2.05) is 32.0 Å². The first-order chi connectivity index (χ1) is 14.3. The number of hydrogen-bond acceptors (Lipinski definition) is 5. The van der Waals surface area contributed by atoms with Crippen LogP contribution in [0.1, 0.15) is 32.8 Å². The van der Waals surface area contributed by atoms with E-state index >= 15 is 0 Å². The highest BCUT2D eigenvalue weighted by Crippen LogP contribution is 2.38. The fraction of sp³-hybridized carbons (Fsp3) is 0.273. The molecule has 158 valence electrons. The molecule has 1 atom stereocenters. The first-order valence-corrected chi connectivity index (χ1v) is 11.1. The molecule has 1 saturated heterocycles. The third-order valence-electron chi connectivity index (χ3n) is 4.42. The molecule has 1 amide bonds. The van der Waals surface area contributed by atoms with Crippen LogP contribution in [0.5, 0.6) is 11.5 Å². The van der Waals surface area contributed by atoms with Gasteiger partial charge in [-0.05, 0) is 62.2 Å². The third kappa shape index (κ3) is 4.96. The number of benzene rings is 2. The number of thioether (sulfide) groups is 1. The summed E-state index contributed by atoms with van der Waals surface area (Å²) in [5.41, 5.74) is 1.21. The van der Waals surface area contributed by atoms with Crippen LogP contribution in [0.2, 0.25) is 5.02 Å². The molecule has 1 heterocycles. The number of carbonyl (C=O) groups excluding carboxylic acids is 1. The zero-order chi connectivity index (χ0) is 21.8. The molecule has 0 saturated carbocycles. The topological polar surface area (TPSA) is 38.8 Å². The van der Waals surface area contributed by atoms with Crippen LogP contribution in [0.25, 0.3) is 6.08 Å². The van der Waals surface area contributed by atoms with Crippen LogP contribution in [-0.4, -0.2) is 22.9 Å². The lowest BCUT2D eigenvalue weighted by atomic mass is 10.1. The average Bonchev–Trinajstić information content (AvgIpc) is 2.99. The Morgan fingerprint density at radius 2 is 2.00 bits per heavy atom. The fourth-order valence-corrected chi connectivity index (χ4v) is 4.22. The Balaban J connectivity index is 1.89. The molecule has 0 aromatic heterocycles. The van der Waals surface area contributed by atoms with Crippen molar-refractivity contribution in [1.29, 1.82) is 0 Å². The molecule has 4 nitrogen and oxygen atoms in total. The van der Waals surface area contributed by atoms with Crippen LogP contribution in [0.4, 0.5) is 10.1 Å². The number of carbonyl (C=O) groups is 1. The van der Waals surface area contributed by atoms with Crippen molar-refractivity contribution in [2.24, 2.45) is 0 Å². The Kier molecular flexibility index (Phi) is 7.39. The molecular weight excluding hydrogens is 445 g/mol. The van der Waals surface area contributed by atoms with E-state index in [9.17, 15) is 9.18 Å². The van der Waals surface area contributed by atoms with Crippen molar-refractivity contribution >= 4 is 57.6 Å². The Labute approximate surface area is 190 Å². The van der Waals surface area contributed by atoms with Gasteiger partial charge in [-0.2, -0.15) is 0 Å². The van der Waals surface area contributed by atoms with E-state index in [0.717, 1.165) is 12.0 Å². The number of thiocarbonyl (C=S) groups is 1. The molecule has 30 heavy (non-hydrogen) atoms. The molecule has 0 spiro atoms. The minimum atomic E-state index is -0.551. The van der Waals surface area contributed by atoms with E-state index < -0.39 is 5.82 Å². The van der Waals surface area contributed by atoms with Gasteiger partial charge < -0.3 is 9.47 Å². The zero-order valence-electron chi connectivity index (χ0n) is 16.8. The summed E-state index contributed by atoms with van der Waals surface area (Å²) >= 11 is 12.4. The lowest BCUT2D eigenvalue weighted by molar-refractivity contribution is -0.113. The van der Waals surface area contributed by atoms with Crippen molar-refractivity contribution < 1.29 is 18.7 Å². The van der Waals surface area contributed by atoms with Gasteiger partial charge in [-0.1, -0.05) is 48.6 Å². The summed E-state index contributed by atoms with van der Waals surface area (Å²) in [5.74, 6) is 0.444. The Morgan fingerprint density at radius 1 is 1.23 bits per heavy atom. The van der Waals surface area contributed by atoms with Crippen LogP contribution >= 0.6 is 35.6 Å². The highest BCUT2D eigenvalue weighted by atomic mass is 35.5. The number of anilines is 1. The molecule has 1 fully saturated rings. The highest BCUT2D eigenvalue weighted by Gasteiger charge is 2.33. The number of amides is 1. The summed E-state index contributed by atoms with van der Waals surface area (Å²) in [6.07, 6.45) is 2.69. The minimum Gasteiger partial charge on any atom is -0.490 e. The van der Waals surface area contributed by atoms with Crippen LogP contribution in [-0.2, 0) is 4.79 Å². The molecule has 2 aromatic rings. The highest BCUT2D eigenvalue weighted by molar-refractivity contribution is 8.27. The summed E-state index contributed by atoms with van der Waals surface area (Å²) in [7, 11) is 0. The van der Waals surface area contributed by atoms with Crippen LogP contribution < -0.4 is 14.4 Å². The van der Waals surface area contributed by atoms with Crippen molar-refractivity contribution in [2.45, 2.75) is 33.3 Å². The van der Waals surface area contributed by atoms with Crippen molar-refractivity contribution in [1.82, 2.24) is 0 Å². The SMILES string of the molecule is CCOc1cc(/C=C2/SC(=S)N(c3ccc(F)c(Cl)c3)C2=O)ccc1O[C@H](C)CC. The number of hydrogen-bond donors (Lipinski definition) is 0. The molecule has 0 N–H and O–H groups in total. The van der Waals surface area contributed by atoms with E-state index in [-0.39, 0.29) is 17.0 Å². The molecule has 0 bridgehead atoms. The molecule has 0 unspecified atom stereocenters. The monoisotopic (exact) mass is 465 g/mol. The largest absolute Gasteiger partial charge is 0.490 e. The van der Waals surface area contributed by atoms with Crippen molar-refractivity contribution in [3.8, 4) is 11.5 Å². The predicted molar refractivity (Wildman–Crippen MR) is 125 cm³/mol. The second-order valence-electron chi connectivity index (χ2n) is 6.59. The molecule has 0 aliphatic carbocycles.